The lowest BCUT2D eigenvalue weighted by Gasteiger charge is -2.27. The first-order chi connectivity index (χ1) is 9.77. The molecule has 1 fully saturated rings. The zero-order chi connectivity index (χ0) is 15.6. The molecule has 0 amide bonds. The SMILES string of the molecule is CC1CCCC(Oc2ccc(S(N)(=O)=O)cc2C(=O)O)C1. The van der Waals surface area contributed by atoms with Gasteiger partial charge in [-0.3, -0.25) is 0 Å². The number of nitrogens with two attached hydrogens (primary N) is 1. The van der Waals surface area contributed by atoms with Crippen LogP contribution in [-0.2, 0) is 10.0 Å². The molecule has 2 rings (SSSR count). The van der Waals surface area contributed by atoms with Crippen molar-refractivity contribution in [3.8, 4) is 5.75 Å². The largest absolute Gasteiger partial charge is 0.490 e. The lowest BCUT2D eigenvalue weighted by atomic mass is 9.88. The summed E-state index contributed by atoms with van der Waals surface area (Å²) >= 11 is 0. The average molecular weight is 313 g/mol. The quantitative estimate of drug-likeness (QED) is 0.884. The Kier molecular flexibility index (Phi) is 4.53. The predicted octanol–water partition coefficient (Wildman–Crippen LogP) is 1.99. The Balaban J connectivity index is 2.28. The molecule has 3 N–H and O–H groups in total. The van der Waals surface area contributed by atoms with Gasteiger partial charge < -0.3 is 9.84 Å². The van der Waals surface area contributed by atoms with Crippen molar-refractivity contribution in [3.63, 3.8) is 0 Å². The normalized spacial score (nSPS) is 22.8. The Morgan fingerprint density at radius 1 is 1.38 bits per heavy atom. The van der Waals surface area contributed by atoms with Crippen molar-refractivity contribution in [2.75, 3.05) is 0 Å². The highest BCUT2D eigenvalue weighted by Gasteiger charge is 2.23. The number of rotatable bonds is 4. The number of hydrogen-bond donors (Lipinski definition) is 2. The summed E-state index contributed by atoms with van der Waals surface area (Å²) in [4.78, 5) is 11.1. The third-order valence-corrected chi connectivity index (χ3v) is 4.60. The van der Waals surface area contributed by atoms with Gasteiger partial charge in [0.15, 0.2) is 0 Å². The minimum Gasteiger partial charge on any atom is -0.490 e. The van der Waals surface area contributed by atoms with Crippen LogP contribution in [0.3, 0.4) is 0 Å². The van der Waals surface area contributed by atoms with Crippen molar-refractivity contribution in [1.82, 2.24) is 0 Å². The van der Waals surface area contributed by atoms with Crippen LogP contribution >= 0.6 is 0 Å². The van der Waals surface area contributed by atoms with Gasteiger partial charge in [-0.1, -0.05) is 13.3 Å². The summed E-state index contributed by atoms with van der Waals surface area (Å²) in [5.74, 6) is -0.505. The first kappa shape index (κ1) is 15.8. The van der Waals surface area contributed by atoms with Crippen LogP contribution in [0.1, 0.15) is 43.0 Å². The van der Waals surface area contributed by atoms with Crippen molar-refractivity contribution in [3.05, 3.63) is 23.8 Å². The Labute approximate surface area is 124 Å². The van der Waals surface area contributed by atoms with E-state index >= 15 is 0 Å². The van der Waals surface area contributed by atoms with Crippen molar-refractivity contribution in [2.24, 2.45) is 11.1 Å². The second-order valence-electron chi connectivity index (χ2n) is 5.52. The maximum absolute atomic E-state index is 11.3. The lowest BCUT2D eigenvalue weighted by molar-refractivity contribution is 0.0683. The third-order valence-electron chi connectivity index (χ3n) is 3.69. The lowest BCUT2D eigenvalue weighted by Crippen LogP contribution is -2.25. The number of benzene rings is 1. The first-order valence-corrected chi connectivity index (χ1v) is 8.39. The number of carboxylic acid groups (broad SMARTS) is 1. The Hall–Kier alpha value is -1.60. The predicted molar refractivity (Wildman–Crippen MR) is 76.8 cm³/mol. The van der Waals surface area contributed by atoms with E-state index in [9.17, 15) is 18.3 Å². The molecule has 7 heteroatoms. The number of primary sulfonamides is 1. The van der Waals surface area contributed by atoms with Crippen LogP contribution in [0.4, 0.5) is 0 Å². The van der Waals surface area contributed by atoms with Crippen LogP contribution in [0.15, 0.2) is 23.1 Å². The maximum atomic E-state index is 11.3. The molecule has 0 heterocycles. The number of hydrogen-bond acceptors (Lipinski definition) is 4. The van der Waals surface area contributed by atoms with Gasteiger partial charge in [0.2, 0.25) is 10.0 Å². The molecule has 0 aromatic heterocycles. The van der Waals surface area contributed by atoms with Crippen molar-refractivity contribution in [2.45, 2.75) is 43.6 Å². The fraction of sp³-hybridized carbons (Fsp3) is 0.500. The second kappa shape index (κ2) is 6.03. The standard InChI is InChI=1S/C14H19NO5S/c1-9-3-2-4-10(7-9)20-13-6-5-11(21(15,18)19)8-12(13)14(16)17/h5-6,8-10H,2-4,7H2,1H3,(H,16,17)(H2,15,18,19). The van der Waals surface area contributed by atoms with Crippen molar-refractivity contribution >= 4 is 16.0 Å². The van der Waals surface area contributed by atoms with Crippen molar-refractivity contribution < 1.29 is 23.1 Å². The monoisotopic (exact) mass is 313 g/mol. The molecule has 1 aromatic rings. The summed E-state index contributed by atoms with van der Waals surface area (Å²) in [5, 5.41) is 14.2. The van der Waals surface area contributed by atoms with Crippen LogP contribution < -0.4 is 9.88 Å². The smallest absolute Gasteiger partial charge is 0.339 e. The van der Waals surface area contributed by atoms with E-state index in [1.165, 1.54) is 12.1 Å². The first-order valence-electron chi connectivity index (χ1n) is 6.84. The van der Waals surface area contributed by atoms with Crippen LogP contribution in [0.5, 0.6) is 5.75 Å². The van der Waals surface area contributed by atoms with Gasteiger partial charge in [-0.2, -0.15) is 0 Å². The number of ether oxygens (including phenoxy) is 1. The fourth-order valence-electron chi connectivity index (χ4n) is 2.62. The number of aromatic carboxylic acids is 1. The summed E-state index contributed by atoms with van der Waals surface area (Å²) in [6, 6.07) is 3.67. The minimum absolute atomic E-state index is 0.0350. The molecule has 6 nitrogen and oxygen atoms in total. The zero-order valence-electron chi connectivity index (χ0n) is 11.8. The number of carbonyl (C=O) groups is 1. The summed E-state index contributed by atoms with van der Waals surface area (Å²) in [7, 11) is -3.94. The summed E-state index contributed by atoms with van der Waals surface area (Å²) in [6.07, 6.45) is 3.91. The zero-order valence-corrected chi connectivity index (χ0v) is 12.6. The van der Waals surface area contributed by atoms with E-state index in [0.29, 0.717) is 5.92 Å². The molecule has 2 atom stereocenters. The molecule has 0 bridgehead atoms. The van der Waals surface area contributed by atoms with Gasteiger partial charge in [-0.05, 0) is 43.4 Å². The number of carboxylic acids is 1. The molecule has 1 saturated carbocycles. The van der Waals surface area contributed by atoms with Crippen LogP contribution in [0, 0.1) is 5.92 Å². The van der Waals surface area contributed by atoms with Gasteiger partial charge in [0, 0.05) is 0 Å². The van der Waals surface area contributed by atoms with Gasteiger partial charge in [-0.15, -0.1) is 0 Å². The van der Waals surface area contributed by atoms with Crippen LogP contribution in [0.2, 0.25) is 0 Å². The Morgan fingerprint density at radius 3 is 2.67 bits per heavy atom. The van der Waals surface area contributed by atoms with Crippen molar-refractivity contribution in [1.29, 1.82) is 0 Å². The van der Waals surface area contributed by atoms with E-state index in [1.807, 2.05) is 0 Å². The van der Waals surface area contributed by atoms with E-state index in [1.54, 1.807) is 0 Å². The van der Waals surface area contributed by atoms with E-state index in [0.717, 1.165) is 31.7 Å². The highest BCUT2D eigenvalue weighted by atomic mass is 32.2. The Morgan fingerprint density at radius 2 is 2.10 bits per heavy atom. The highest BCUT2D eigenvalue weighted by Crippen LogP contribution is 2.30. The summed E-state index contributed by atoms with van der Waals surface area (Å²) in [5.41, 5.74) is -0.181. The molecule has 0 aliphatic heterocycles. The molecule has 21 heavy (non-hydrogen) atoms. The molecule has 116 valence electrons. The average Bonchev–Trinajstić information content (AvgIpc) is 2.37. The molecule has 1 aliphatic rings. The number of sulfonamides is 1. The van der Waals surface area contributed by atoms with Gasteiger partial charge in [0.25, 0.3) is 0 Å². The molecule has 0 spiro atoms. The molecule has 2 unspecified atom stereocenters. The fourth-order valence-corrected chi connectivity index (χ4v) is 3.16. The topological polar surface area (TPSA) is 107 Å². The second-order valence-corrected chi connectivity index (χ2v) is 7.08. The highest BCUT2D eigenvalue weighted by molar-refractivity contribution is 7.89. The molecule has 1 aromatic carbocycles. The van der Waals surface area contributed by atoms with Gasteiger partial charge in [0.05, 0.1) is 11.0 Å². The van der Waals surface area contributed by atoms with E-state index in [-0.39, 0.29) is 22.3 Å². The molecule has 0 saturated heterocycles. The van der Waals surface area contributed by atoms with Crippen LogP contribution in [0.25, 0.3) is 0 Å². The van der Waals surface area contributed by atoms with Gasteiger partial charge >= 0.3 is 5.97 Å². The molecule has 0 radical (unpaired) electrons. The van der Waals surface area contributed by atoms with Crippen LogP contribution in [-0.4, -0.2) is 25.6 Å². The Bertz CT molecular complexity index is 641. The molecule has 1 aliphatic carbocycles. The third kappa shape index (κ3) is 3.95. The summed E-state index contributed by atoms with van der Waals surface area (Å²) < 4.78 is 28.4. The maximum Gasteiger partial charge on any atom is 0.339 e. The van der Waals surface area contributed by atoms with E-state index in [4.69, 9.17) is 9.88 Å². The van der Waals surface area contributed by atoms with E-state index < -0.39 is 16.0 Å². The minimum atomic E-state index is -3.94. The molecular weight excluding hydrogens is 294 g/mol. The molecular formula is C14H19NO5S. The van der Waals surface area contributed by atoms with Gasteiger partial charge in [-0.25, -0.2) is 18.4 Å². The summed E-state index contributed by atoms with van der Waals surface area (Å²) in [6.45, 7) is 2.14. The van der Waals surface area contributed by atoms with Gasteiger partial charge in [0.1, 0.15) is 11.3 Å². The van der Waals surface area contributed by atoms with E-state index in [2.05, 4.69) is 6.92 Å².